The maximum absolute atomic E-state index is 10.2. The van der Waals surface area contributed by atoms with E-state index < -0.39 is 0 Å². The van der Waals surface area contributed by atoms with Crippen LogP contribution < -0.4 is 0 Å². The van der Waals surface area contributed by atoms with Gasteiger partial charge in [-0.3, -0.25) is 9.98 Å². The normalized spacial score (nSPS) is 25.2. The maximum atomic E-state index is 10.2. The fourth-order valence-electron chi connectivity index (χ4n) is 3.87. The minimum Gasteiger partial charge on any atom is -0.507 e. The van der Waals surface area contributed by atoms with Crippen LogP contribution in [0.3, 0.4) is 0 Å². The quantitative estimate of drug-likeness (QED) is 0.889. The summed E-state index contributed by atoms with van der Waals surface area (Å²) in [5.41, 5.74) is 4.06. The lowest BCUT2D eigenvalue weighted by Crippen LogP contribution is -2.35. The van der Waals surface area contributed by atoms with Crippen LogP contribution in [0.15, 0.2) is 41.5 Å². The highest BCUT2D eigenvalue weighted by Gasteiger charge is 2.45. The number of thioether (sulfide) groups is 1. The van der Waals surface area contributed by atoms with E-state index in [1.54, 1.807) is 0 Å². The molecule has 0 unspecified atom stereocenters. The van der Waals surface area contributed by atoms with Crippen LogP contribution in [0.1, 0.15) is 47.8 Å². The largest absolute Gasteiger partial charge is 0.507 e. The van der Waals surface area contributed by atoms with Gasteiger partial charge in [0.05, 0.1) is 11.7 Å². The van der Waals surface area contributed by atoms with Crippen molar-refractivity contribution in [2.45, 2.75) is 45.3 Å². The van der Waals surface area contributed by atoms with Crippen LogP contribution in [-0.2, 0) is 0 Å². The van der Waals surface area contributed by atoms with Crippen molar-refractivity contribution in [3.8, 4) is 5.75 Å². The Kier molecular flexibility index (Phi) is 4.20. The summed E-state index contributed by atoms with van der Waals surface area (Å²) in [6.07, 6.45) is 2.95. The summed E-state index contributed by atoms with van der Waals surface area (Å²) < 4.78 is 0. The van der Waals surface area contributed by atoms with E-state index in [1.807, 2.05) is 43.9 Å². The second-order valence-electron chi connectivity index (χ2n) is 6.84. The Morgan fingerprint density at radius 2 is 2.00 bits per heavy atom. The predicted octanol–water partition coefficient (Wildman–Crippen LogP) is 4.38. The van der Waals surface area contributed by atoms with Gasteiger partial charge in [0.25, 0.3) is 0 Å². The van der Waals surface area contributed by atoms with Crippen molar-refractivity contribution >= 4 is 16.9 Å². The van der Waals surface area contributed by atoms with E-state index in [0.29, 0.717) is 11.8 Å². The fraction of sp³-hybridized carbons (Fsp3) is 0.400. The van der Waals surface area contributed by atoms with Gasteiger partial charge < -0.3 is 10.0 Å². The standard InChI is InChI=1S/C20H23N3OS/c1-4-15-11-25-20-22-17(16-7-5-6-8-21-16)18(23(15)20)14-9-12(2)19(24)13(3)10-14/h5-10,15,17-18,24H,4,11H2,1-3H3/t15-,17+,18+/m0/s1. The van der Waals surface area contributed by atoms with Crippen molar-refractivity contribution < 1.29 is 5.11 Å². The molecule has 5 heteroatoms. The Hall–Kier alpha value is -2.01. The number of aromatic nitrogens is 1. The van der Waals surface area contributed by atoms with E-state index >= 15 is 0 Å². The van der Waals surface area contributed by atoms with Crippen LogP contribution in [0, 0.1) is 13.8 Å². The Labute approximate surface area is 153 Å². The molecule has 0 bridgehead atoms. The van der Waals surface area contributed by atoms with Gasteiger partial charge in [-0.1, -0.05) is 36.9 Å². The van der Waals surface area contributed by atoms with E-state index in [9.17, 15) is 5.11 Å². The Morgan fingerprint density at radius 3 is 2.64 bits per heavy atom. The number of fused-ring (bicyclic) bond motifs is 1. The smallest absolute Gasteiger partial charge is 0.160 e. The first-order valence-corrected chi connectivity index (χ1v) is 9.78. The van der Waals surface area contributed by atoms with E-state index in [4.69, 9.17) is 4.99 Å². The molecule has 1 aromatic carbocycles. The number of hydrogen-bond acceptors (Lipinski definition) is 5. The van der Waals surface area contributed by atoms with Gasteiger partial charge in [0.15, 0.2) is 5.17 Å². The molecule has 1 aromatic heterocycles. The first-order chi connectivity index (χ1) is 12.1. The number of rotatable bonds is 3. The minimum atomic E-state index is 0.00129. The summed E-state index contributed by atoms with van der Waals surface area (Å²) in [5.74, 6) is 1.48. The molecule has 0 saturated carbocycles. The van der Waals surface area contributed by atoms with Crippen LogP contribution in [0.4, 0.5) is 0 Å². The molecule has 2 aromatic rings. The van der Waals surface area contributed by atoms with Gasteiger partial charge in [-0.2, -0.15) is 0 Å². The van der Waals surface area contributed by atoms with Gasteiger partial charge in [-0.15, -0.1) is 0 Å². The van der Waals surface area contributed by atoms with Crippen molar-refractivity contribution in [2.24, 2.45) is 4.99 Å². The lowest BCUT2D eigenvalue weighted by molar-refractivity contribution is 0.255. The summed E-state index contributed by atoms with van der Waals surface area (Å²) in [5, 5.41) is 11.3. The molecular weight excluding hydrogens is 330 g/mol. The van der Waals surface area contributed by atoms with Gasteiger partial charge in [-0.05, 0) is 49.1 Å². The van der Waals surface area contributed by atoms with Crippen LogP contribution in [0.5, 0.6) is 5.75 Å². The third-order valence-electron chi connectivity index (χ3n) is 5.18. The highest BCUT2D eigenvalue weighted by molar-refractivity contribution is 8.14. The van der Waals surface area contributed by atoms with Crippen molar-refractivity contribution in [1.82, 2.24) is 9.88 Å². The molecule has 0 radical (unpaired) electrons. The molecule has 25 heavy (non-hydrogen) atoms. The molecule has 3 atom stereocenters. The number of phenols is 1. The number of aryl methyl sites for hydroxylation is 2. The van der Waals surface area contributed by atoms with Gasteiger partial charge >= 0.3 is 0 Å². The predicted molar refractivity (Wildman–Crippen MR) is 103 cm³/mol. The third kappa shape index (κ3) is 2.71. The number of phenolic OH excluding ortho intramolecular Hbond substituents is 1. The molecule has 1 fully saturated rings. The van der Waals surface area contributed by atoms with Crippen molar-refractivity contribution in [3.05, 3.63) is 58.9 Å². The molecule has 2 aliphatic rings. The topological polar surface area (TPSA) is 48.7 Å². The van der Waals surface area contributed by atoms with Crippen LogP contribution >= 0.6 is 11.8 Å². The lowest BCUT2D eigenvalue weighted by atomic mass is 9.92. The number of hydrogen-bond donors (Lipinski definition) is 1. The highest BCUT2D eigenvalue weighted by atomic mass is 32.2. The summed E-state index contributed by atoms with van der Waals surface area (Å²) in [6, 6.07) is 10.9. The van der Waals surface area contributed by atoms with Gasteiger partial charge in [0.1, 0.15) is 11.8 Å². The number of aliphatic imine (C=N–C) groups is 1. The second kappa shape index (κ2) is 6.37. The zero-order valence-electron chi connectivity index (χ0n) is 14.8. The lowest BCUT2D eigenvalue weighted by Gasteiger charge is -2.32. The van der Waals surface area contributed by atoms with Crippen LogP contribution in [-0.4, -0.2) is 32.0 Å². The maximum Gasteiger partial charge on any atom is 0.160 e. The Bertz CT molecular complexity index is 798. The number of benzene rings is 1. The third-order valence-corrected chi connectivity index (χ3v) is 6.31. The molecule has 1 saturated heterocycles. The molecule has 0 spiro atoms. The van der Waals surface area contributed by atoms with Crippen molar-refractivity contribution in [3.63, 3.8) is 0 Å². The van der Waals surface area contributed by atoms with E-state index in [0.717, 1.165) is 34.2 Å². The molecule has 4 rings (SSSR count). The zero-order chi connectivity index (χ0) is 17.6. The molecular formula is C20H23N3OS. The molecule has 0 aliphatic carbocycles. The Morgan fingerprint density at radius 1 is 1.24 bits per heavy atom. The molecule has 2 aliphatic heterocycles. The average molecular weight is 353 g/mol. The van der Waals surface area contributed by atoms with Gasteiger partial charge in [0.2, 0.25) is 0 Å². The van der Waals surface area contributed by atoms with Crippen molar-refractivity contribution in [1.29, 1.82) is 0 Å². The molecule has 0 amide bonds. The zero-order valence-corrected chi connectivity index (χ0v) is 15.6. The van der Waals surface area contributed by atoms with E-state index in [1.165, 1.54) is 5.56 Å². The van der Waals surface area contributed by atoms with Crippen LogP contribution in [0.2, 0.25) is 0 Å². The SMILES string of the molecule is CC[C@H]1CSC2=N[C@H](c3ccccn3)[C@@H](c3cc(C)c(O)c(C)c3)N21. The van der Waals surface area contributed by atoms with Crippen LogP contribution in [0.25, 0.3) is 0 Å². The number of nitrogens with zero attached hydrogens (tertiary/aromatic N) is 3. The molecule has 4 nitrogen and oxygen atoms in total. The average Bonchev–Trinajstić information content (AvgIpc) is 3.18. The highest BCUT2D eigenvalue weighted by Crippen LogP contribution is 2.49. The second-order valence-corrected chi connectivity index (χ2v) is 7.83. The summed E-state index contributed by atoms with van der Waals surface area (Å²) in [7, 11) is 0. The molecule has 3 heterocycles. The number of pyridine rings is 1. The Balaban J connectivity index is 1.83. The minimum absolute atomic E-state index is 0.00129. The first-order valence-electron chi connectivity index (χ1n) is 8.80. The molecule has 130 valence electrons. The summed E-state index contributed by atoms with van der Waals surface area (Å²) in [4.78, 5) is 12.1. The summed E-state index contributed by atoms with van der Waals surface area (Å²) in [6.45, 7) is 6.18. The molecule has 1 N–H and O–H groups in total. The van der Waals surface area contributed by atoms with E-state index in [-0.39, 0.29) is 12.1 Å². The fourth-order valence-corrected chi connectivity index (χ4v) is 5.21. The van der Waals surface area contributed by atoms with Gasteiger partial charge in [0, 0.05) is 18.0 Å². The summed E-state index contributed by atoms with van der Waals surface area (Å²) >= 11 is 1.85. The van der Waals surface area contributed by atoms with E-state index in [2.05, 4.69) is 35.0 Å². The monoisotopic (exact) mass is 353 g/mol. The number of amidine groups is 1. The van der Waals surface area contributed by atoms with Gasteiger partial charge in [-0.25, -0.2) is 0 Å². The van der Waals surface area contributed by atoms with Crippen molar-refractivity contribution in [2.75, 3.05) is 5.75 Å². The number of aromatic hydroxyl groups is 1. The first kappa shape index (κ1) is 16.5.